The number of piperidine rings is 2. The molecule has 8 rings (SSSR count). The van der Waals surface area contributed by atoms with Gasteiger partial charge in [0.2, 0.25) is 11.8 Å². The maximum absolute atomic E-state index is 12.5. The van der Waals surface area contributed by atoms with Crippen molar-refractivity contribution in [2.24, 2.45) is 0 Å². The lowest BCUT2D eigenvalue weighted by molar-refractivity contribution is 0.0122. The number of hydrogen-bond acceptors (Lipinski definition) is 18. The smallest absolute Gasteiger partial charge is 0.410 e. The van der Waals surface area contributed by atoms with Gasteiger partial charge in [0.1, 0.15) is 42.1 Å². The minimum absolute atomic E-state index is 0.0833. The summed E-state index contributed by atoms with van der Waals surface area (Å²) in [6.45, 7) is 18.5. The fourth-order valence-electron chi connectivity index (χ4n) is 7.72. The standard InChI is InChI=1S/C24H31ClN4O5S.C23H29ClN4O5S.C4H7ClO2/c1-15-21(28-20-8-7-18(13-19(20)25)35(31,32)17-5-6-17)26-14-27-22(15)33-16-9-11-29(12-10-16)23(30)34-24(2,3)4;1-14(2)32-23(29)28-10-8-16(9-11-28)33-22-15(3)21(25-13-26-22)27-20-7-6-18(12-19(20)24)34(30,31)17-4-5-17;1-3(2)7-4(5)6/h7-8,13-14,16-17H,5-6,9-12H2,1-4H3,(H,26,27,28);6-7,12-14,16-17H,4-5,8-11H2,1-3H3,(H,25,26,27);3H,1-2H3. The zero-order chi connectivity index (χ0) is 55.7. The first kappa shape index (κ1) is 59.8. The molecule has 76 heavy (non-hydrogen) atoms. The Morgan fingerprint density at radius 3 is 1.30 bits per heavy atom. The van der Waals surface area contributed by atoms with E-state index in [1.165, 1.54) is 24.8 Å². The Labute approximate surface area is 460 Å². The second-order valence-corrected chi connectivity index (χ2v) is 25.8. The molecule has 25 heteroatoms. The fourth-order valence-corrected chi connectivity index (χ4v) is 11.8. The summed E-state index contributed by atoms with van der Waals surface area (Å²) >= 11 is 17.6. The highest BCUT2D eigenvalue weighted by Crippen LogP contribution is 2.39. The molecule has 2 saturated heterocycles. The fraction of sp³-hybridized carbons (Fsp3) is 0.549. The number of nitrogens with one attached hydrogen (secondary N) is 2. The summed E-state index contributed by atoms with van der Waals surface area (Å²) in [7, 11) is -6.63. The average Bonchev–Trinajstić information content (AvgIpc) is 4.27. The minimum Gasteiger partial charge on any atom is -0.474 e. The Balaban J connectivity index is 0.000000219. The molecule has 20 nitrogen and oxygen atoms in total. The largest absolute Gasteiger partial charge is 0.474 e. The predicted molar refractivity (Wildman–Crippen MR) is 289 cm³/mol. The van der Waals surface area contributed by atoms with Crippen LogP contribution in [-0.2, 0) is 33.9 Å². The number of hydrogen-bond donors (Lipinski definition) is 2. The second-order valence-electron chi connectivity index (χ2n) is 20.3. The van der Waals surface area contributed by atoms with Crippen LogP contribution in [0.3, 0.4) is 0 Å². The van der Waals surface area contributed by atoms with Gasteiger partial charge in [-0.3, -0.25) is 0 Å². The summed E-state index contributed by atoms with van der Waals surface area (Å²) in [5.41, 5.74) is 1.22. The minimum atomic E-state index is -3.32. The maximum Gasteiger partial charge on any atom is 0.410 e. The Kier molecular flexibility index (Phi) is 20.3. The molecule has 0 bridgehead atoms. The number of sulfone groups is 2. The Bertz CT molecular complexity index is 2920. The van der Waals surface area contributed by atoms with E-state index in [0.29, 0.717) is 133 Å². The van der Waals surface area contributed by atoms with Crippen LogP contribution >= 0.6 is 34.8 Å². The van der Waals surface area contributed by atoms with E-state index in [1.807, 2.05) is 48.5 Å². The maximum atomic E-state index is 12.5. The number of halogens is 3. The highest BCUT2D eigenvalue weighted by Gasteiger charge is 2.38. The normalized spacial score (nSPS) is 16.4. The van der Waals surface area contributed by atoms with Crippen LogP contribution in [0.5, 0.6) is 11.8 Å². The van der Waals surface area contributed by atoms with Crippen LogP contribution < -0.4 is 20.1 Å². The Hall–Kier alpha value is -5.42. The zero-order valence-electron chi connectivity index (χ0n) is 44.1. The molecule has 0 radical (unpaired) electrons. The molecule has 0 spiro atoms. The number of likely N-dealkylation sites (tertiary alicyclic amines) is 2. The summed E-state index contributed by atoms with van der Waals surface area (Å²) < 4.78 is 77.2. The topological polar surface area (TPSA) is 248 Å². The molecule has 2 aliphatic carbocycles. The molecule has 0 unspecified atom stereocenters. The monoisotopic (exact) mass is 1150 g/mol. The first-order chi connectivity index (χ1) is 35.7. The quantitative estimate of drug-likeness (QED) is 0.0880. The van der Waals surface area contributed by atoms with Crippen LogP contribution in [0.4, 0.5) is 37.4 Å². The molecule has 2 amide bonds. The van der Waals surface area contributed by atoms with Crippen molar-refractivity contribution < 1.29 is 54.9 Å². The van der Waals surface area contributed by atoms with Crippen molar-refractivity contribution in [3.63, 3.8) is 0 Å². The molecule has 2 N–H and O–H groups in total. The van der Waals surface area contributed by atoms with Gasteiger partial charge in [0.25, 0.3) is 0 Å². The van der Waals surface area contributed by atoms with Crippen molar-refractivity contribution in [2.75, 3.05) is 36.8 Å². The molecule has 2 aromatic heterocycles. The van der Waals surface area contributed by atoms with Gasteiger partial charge in [0, 0.05) is 63.5 Å². The van der Waals surface area contributed by atoms with Crippen molar-refractivity contribution >= 4 is 95.1 Å². The number of benzene rings is 2. The Morgan fingerprint density at radius 1 is 0.605 bits per heavy atom. The highest BCUT2D eigenvalue weighted by atomic mass is 35.5. The number of carbonyl (C=O) groups excluding carboxylic acids is 3. The molecule has 0 atom stereocenters. The van der Waals surface area contributed by atoms with Crippen molar-refractivity contribution in [3.8, 4) is 11.8 Å². The molecule has 4 heterocycles. The third-order valence-corrected chi connectivity index (χ3v) is 17.3. The first-order valence-corrected chi connectivity index (χ1v) is 29.3. The Morgan fingerprint density at radius 2 is 0.987 bits per heavy atom. The van der Waals surface area contributed by atoms with Crippen LogP contribution in [0, 0.1) is 13.8 Å². The summed E-state index contributed by atoms with van der Waals surface area (Å²) in [5.74, 6) is 1.93. The summed E-state index contributed by atoms with van der Waals surface area (Å²) in [6.07, 6.45) is 7.21. The van der Waals surface area contributed by atoms with E-state index in [0.717, 1.165) is 0 Å². The van der Waals surface area contributed by atoms with E-state index in [-0.39, 0.29) is 56.9 Å². The van der Waals surface area contributed by atoms with Crippen LogP contribution in [0.25, 0.3) is 0 Å². The van der Waals surface area contributed by atoms with E-state index >= 15 is 0 Å². The second kappa shape index (κ2) is 25.8. The van der Waals surface area contributed by atoms with Crippen molar-refractivity contribution in [3.05, 3.63) is 70.2 Å². The molecule has 4 aromatic rings. The van der Waals surface area contributed by atoms with Gasteiger partial charge >= 0.3 is 17.6 Å². The molecule has 416 valence electrons. The lowest BCUT2D eigenvalue weighted by Gasteiger charge is -2.33. The number of amides is 2. The van der Waals surface area contributed by atoms with Gasteiger partial charge in [-0.25, -0.2) is 51.2 Å². The van der Waals surface area contributed by atoms with Gasteiger partial charge in [0.05, 0.1) is 65.0 Å². The SMILES string of the molecule is CC(C)OC(=O)Cl.Cc1c(Nc2ccc(S(=O)(=O)C3CC3)cc2Cl)ncnc1OC1CCN(C(=O)OC(C)(C)C)CC1.Cc1c(Nc2ccc(S(=O)(=O)C3CC3)cc2Cl)ncnc1OC1CCN(C(=O)OC(C)C)CC1. The number of rotatable bonds is 14. The molecule has 4 fully saturated rings. The summed E-state index contributed by atoms with van der Waals surface area (Å²) in [6, 6.07) is 9.37. The molecule has 2 saturated carbocycles. The van der Waals surface area contributed by atoms with E-state index in [2.05, 4.69) is 35.3 Å². The van der Waals surface area contributed by atoms with Gasteiger partial charge in [-0.1, -0.05) is 23.2 Å². The van der Waals surface area contributed by atoms with Crippen molar-refractivity contribution in [1.82, 2.24) is 29.7 Å². The third-order valence-electron chi connectivity index (χ3n) is 12.1. The third kappa shape index (κ3) is 17.0. The van der Waals surface area contributed by atoms with E-state index in [4.69, 9.17) is 53.8 Å². The number of anilines is 4. The van der Waals surface area contributed by atoms with Crippen LogP contribution in [0.15, 0.2) is 58.8 Å². The van der Waals surface area contributed by atoms with Crippen LogP contribution in [0.2, 0.25) is 10.0 Å². The van der Waals surface area contributed by atoms with Crippen molar-refractivity contribution in [1.29, 1.82) is 0 Å². The lowest BCUT2D eigenvalue weighted by Crippen LogP contribution is -2.44. The number of nitrogens with zero attached hydrogens (tertiary/aromatic N) is 6. The number of ether oxygens (including phenoxy) is 5. The van der Waals surface area contributed by atoms with Gasteiger partial charge in [-0.15, -0.1) is 0 Å². The molecular weight excluding hydrogens is 1090 g/mol. The number of aromatic nitrogens is 4. The van der Waals surface area contributed by atoms with E-state index in [9.17, 15) is 31.2 Å². The lowest BCUT2D eigenvalue weighted by atomic mass is 10.1. The van der Waals surface area contributed by atoms with Gasteiger partial charge in [-0.05, 0) is 124 Å². The molecular formula is C51H67Cl3N8O12S2. The van der Waals surface area contributed by atoms with Crippen LogP contribution in [-0.4, -0.2) is 131 Å². The summed E-state index contributed by atoms with van der Waals surface area (Å²) in [4.78, 5) is 55.1. The number of carbonyl (C=O) groups is 3. The van der Waals surface area contributed by atoms with Gasteiger partial charge in [0.15, 0.2) is 19.7 Å². The zero-order valence-corrected chi connectivity index (χ0v) is 48.0. The molecule has 2 aliphatic heterocycles. The average molecular weight is 1150 g/mol. The van der Waals surface area contributed by atoms with Gasteiger partial charge in [-0.2, -0.15) is 0 Å². The van der Waals surface area contributed by atoms with Crippen molar-refractivity contribution in [2.45, 2.75) is 164 Å². The van der Waals surface area contributed by atoms with E-state index < -0.39 is 30.7 Å². The summed E-state index contributed by atoms with van der Waals surface area (Å²) in [5, 5.41) is 6.31. The van der Waals surface area contributed by atoms with Gasteiger partial charge < -0.3 is 44.1 Å². The first-order valence-electron chi connectivity index (χ1n) is 25.1. The highest BCUT2D eigenvalue weighted by molar-refractivity contribution is 7.92. The van der Waals surface area contributed by atoms with Crippen LogP contribution in [0.1, 0.15) is 111 Å². The van der Waals surface area contributed by atoms with E-state index in [1.54, 1.807) is 47.9 Å². The predicted octanol–water partition coefficient (Wildman–Crippen LogP) is 11.2. The molecule has 2 aromatic carbocycles. The molecule has 4 aliphatic rings.